The molecule has 0 fully saturated rings. The van der Waals surface area contributed by atoms with E-state index in [1.807, 2.05) is 12.1 Å². The topological polar surface area (TPSA) is 39.1 Å². The molecule has 3 aromatic carbocycles. The number of nitrogens with zero attached hydrogens (tertiary/aromatic N) is 2. The summed E-state index contributed by atoms with van der Waals surface area (Å²) in [6, 6.07) is 23.6. The molecule has 0 radical (unpaired) electrons. The number of nitrogens with one attached hydrogen (secondary N) is 1. The Kier molecular flexibility index (Phi) is 7.27. The zero-order chi connectivity index (χ0) is 23.4. The van der Waals surface area contributed by atoms with Crippen LogP contribution in [0.3, 0.4) is 0 Å². The molecule has 4 nitrogen and oxygen atoms in total. The fraction of sp³-hybridized carbons (Fsp3) is 0.321. The molecule has 172 valence electrons. The number of ether oxygens (including phenoxy) is 1. The number of hydrogen-bond donors (Lipinski definition) is 1. The first-order valence-electron chi connectivity index (χ1n) is 11.5. The van der Waals surface area contributed by atoms with Crippen LogP contribution >= 0.6 is 22.6 Å². The van der Waals surface area contributed by atoms with Crippen LogP contribution in [-0.4, -0.2) is 16.2 Å². The van der Waals surface area contributed by atoms with E-state index in [1.165, 1.54) is 16.7 Å². The minimum absolute atomic E-state index is 0.156. The number of halogens is 1. The van der Waals surface area contributed by atoms with Gasteiger partial charge >= 0.3 is 0 Å². The zero-order valence-corrected chi connectivity index (χ0v) is 22.0. The summed E-state index contributed by atoms with van der Waals surface area (Å²) in [7, 11) is 0. The van der Waals surface area contributed by atoms with E-state index in [0.29, 0.717) is 6.54 Å². The second-order valence-electron chi connectivity index (χ2n) is 9.37. The normalized spacial score (nSPS) is 11.7. The number of alkyl halides is 1. The Morgan fingerprint density at radius 2 is 1.64 bits per heavy atom. The van der Waals surface area contributed by atoms with Crippen molar-refractivity contribution < 1.29 is 4.74 Å². The van der Waals surface area contributed by atoms with Crippen LogP contribution in [-0.2, 0) is 16.4 Å². The fourth-order valence-electron chi connectivity index (χ4n) is 3.80. The van der Waals surface area contributed by atoms with Crippen LogP contribution in [0.4, 0.5) is 5.95 Å². The first kappa shape index (κ1) is 23.6. The molecule has 0 aliphatic heterocycles. The van der Waals surface area contributed by atoms with E-state index < -0.39 is 0 Å². The Morgan fingerprint density at radius 1 is 0.939 bits per heavy atom. The number of benzene rings is 3. The first-order chi connectivity index (χ1) is 15.9. The average molecular weight is 553 g/mol. The molecular weight excluding hydrogens is 521 g/mol. The van der Waals surface area contributed by atoms with E-state index in [1.54, 1.807) is 0 Å². The fourth-order valence-corrected chi connectivity index (χ4v) is 4.28. The van der Waals surface area contributed by atoms with Gasteiger partial charge in [0.25, 0.3) is 0 Å². The van der Waals surface area contributed by atoms with E-state index in [2.05, 4.69) is 115 Å². The van der Waals surface area contributed by atoms with Crippen LogP contribution in [0.15, 0.2) is 66.7 Å². The van der Waals surface area contributed by atoms with Crippen LogP contribution in [0, 0.1) is 0 Å². The number of aromatic nitrogens is 2. The summed E-state index contributed by atoms with van der Waals surface area (Å²) < 4.78 is 8.93. The van der Waals surface area contributed by atoms with E-state index in [0.717, 1.165) is 45.9 Å². The van der Waals surface area contributed by atoms with Gasteiger partial charge in [-0.3, -0.25) is 4.57 Å². The van der Waals surface area contributed by atoms with Gasteiger partial charge in [0, 0.05) is 16.7 Å². The Morgan fingerprint density at radius 3 is 2.27 bits per heavy atom. The van der Waals surface area contributed by atoms with Gasteiger partial charge in [-0.2, -0.15) is 0 Å². The largest absolute Gasteiger partial charge is 0.494 e. The molecule has 0 aliphatic rings. The maximum atomic E-state index is 5.77. The maximum Gasteiger partial charge on any atom is 0.208 e. The van der Waals surface area contributed by atoms with Crippen molar-refractivity contribution in [3.8, 4) is 11.4 Å². The standard InChI is InChI=1S/C28H32IN3O/c1-5-16-33-24-13-11-23(12-14-24)32-26-15-8-21(18-29)17-25(26)31-27(32)30-19-20-6-9-22(10-7-20)28(2,3)4/h6-15,17H,5,16,18-19H2,1-4H3,(H,30,31). The van der Waals surface area contributed by atoms with Crippen molar-refractivity contribution >= 4 is 39.6 Å². The zero-order valence-electron chi connectivity index (χ0n) is 19.9. The highest BCUT2D eigenvalue weighted by Crippen LogP contribution is 2.28. The lowest BCUT2D eigenvalue weighted by molar-refractivity contribution is 0.317. The third-order valence-corrected chi connectivity index (χ3v) is 6.59. The monoisotopic (exact) mass is 553 g/mol. The second kappa shape index (κ2) is 10.2. The molecular formula is C28H32IN3O. The number of rotatable bonds is 8. The van der Waals surface area contributed by atoms with Crippen LogP contribution in [0.25, 0.3) is 16.7 Å². The highest BCUT2D eigenvalue weighted by atomic mass is 127. The van der Waals surface area contributed by atoms with E-state index in [4.69, 9.17) is 9.72 Å². The summed E-state index contributed by atoms with van der Waals surface area (Å²) in [5, 5.41) is 3.58. The van der Waals surface area contributed by atoms with Crippen molar-refractivity contribution in [1.82, 2.24) is 9.55 Å². The van der Waals surface area contributed by atoms with Crippen molar-refractivity contribution in [1.29, 1.82) is 0 Å². The van der Waals surface area contributed by atoms with E-state index >= 15 is 0 Å². The number of fused-ring (bicyclic) bond motifs is 1. The SMILES string of the molecule is CCCOc1ccc(-n2c(NCc3ccc(C(C)(C)C)cc3)nc3cc(CI)ccc32)cc1. The van der Waals surface area contributed by atoms with Gasteiger partial charge in [-0.25, -0.2) is 4.98 Å². The smallest absolute Gasteiger partial charge is 0.208 e. The van der Waals surface area contributed by atoms with Gasteiger partial charge in [-0.05, 0) is 64.9 Å². The molecule has 0 aliphatic carbocycles. The summed E-state index contributed by atoms with van der Waals surface area (Å²) in [4.78, 5) is 4.96. The van der Waals surface area contributed by atoms with E-state index in [9.17, 15) is 0 Å². The van der Waals surface area contributed by atoms with Crippen LogP contribution in [0.5, 0.6) is 5.75 Å². The lowest BCUT2D eigenvalue weighted by atomic mass is 9.87. The van der Waals surface area contributed by atoms with Crippen molar-refractivity contribution in [2.24, 2.45) is 0 Å². The molecule has 33 heavy (non-hydrogen) atoms. The number of anilines is 1. The van der Waals surface area contributed by atoms with Crippen molar-refractivity contribution in [3.05, 3.63) is 83.4 Å². The van der Waals surface area contributed by atoms with Crippen LogP contribution < -0.4 is 10.1 Å². The lowest BCUT2D eigenvalue weighted by Gasteiger charge is -2.19. The van der Waals surface area contributed by atoms with Gasteiger partial charge in [0.2, 0.25) is 5.95 Å². The quantitative estimate of drug-likeness (QED) is 0.180. The maximum absolute atomic E-state index is 5.77. The van der Waals surface area contributed by atoms with Crippen LogP contribution in [0.1, 0.15) is 50.8 Å². The lowest BCUT2D eigenvalue weighted by Crippen LogP contribution is -2.11. The van der Waals surface area contributed by atoms with Crippen LogP contribution in [0.2, 0.25) is 0 Å². The summed E-state index contributed by atoms with van der Waals surface area (Å²) >= 11 is 2.40. The molecule has 1 heterocycles. The first-order valence-corrected chi connectivity index (χ1v) is 13.1. The van der Waals surface area contributed by atoms with E-state index in [-0.39, 0.29) is 5.41 Å². The highest BCUT2D eigenvalue weighted by molar-refractivity contribution is 14.1. The molecule has 0 unspecified atom stereocenters. The molecule has 0 saturated carbocycles. The molecule has 1 N–H and O–H groups in total. The van der Waals surface area contributed by atoms with Gasteiger partial charge in [-0.1, -0.05) is 80.6 Å². The molecule has 5 heteroatoms. The van der Waals surface area contributed by atoms with Crippen molar-refractivity contribution in [3.63, 3.8) is 0 Å². The highest BCUT2D eigenvalue weighted by Gasteiger charge is 2.15. The Bertz CT molecular complexity index is 1210. The Balaban J connectivity index is 1.65. The number of hydrogen-bond acceptors (Lipinski definition) is 3. The Hall–Kier alpha value is -2.54. The predicted octanol–water partition coefficient (Wildman–Crippen LogP) is 7.66. The molecule has 1 aromatic heterocycles. The van der Waals surface area contributed by atoms with Gasteiger partial charge in [0.05, 0.1) is 17.6 Å². The third-order valence-electron chi connectivity index (χ3n) is 5.71. The summed E-state index contributed by atoms with van der Waals surface area (Å²) in [5.41, 5.74) is 7.17. The summed E-state index contributed by atoms with van der Waals surface area (Å²) in [6.07, 6.45) is 0.998. The average Bonchev–Trinajstić information content (AvgIpc) is 3.19. The summed E-state index contributed by atoms with van der Waals surface area (Å²) in [5.74, 6) is 1.74. The molecule has 4 aromatic rings. The number of imidazole rings is 1. The molecule has 4 rings (SSSR count). The predicted molar refractivity (Wildman–Crippen MR) is 147 cm³/mol. The summed E-state index contributed by atoms with van der Waals surface area (Å²) in [6.45, 7) is 10.3. The van der Waals surface area contributed by atoms with Gasteiger partial charge in [0.1, 0.15) is 5.75 Å². The molecule has 0 atom stereocenters. The molecule has 0 saturated heterocycles. The Labute approximate surface area is 210 Å². The van der Waals surface area contributed by atoms with Gasteiger partial charge in [-0.15, -0.1) is 0 Å². The third kappa shape index (κ3) is 5.52. The van der Waals surface area contributed by atoms with Crippen molar-refractivity contribution in [2.75, 3.05) is 11.9 Å². The molecule has 0 spiro atoms. The molecule has 0 bridgehead atoms. The van der Waals surface area contributed by atoms with Gasteiger partial charge in [0.15, 0.2) is 0 Å². The van der Waals surface area contributed by atoms with Gasteiger partial charge < -0.3 is 10.1 Å². The minimum atomic E-state index is 0.156. The second-order valence-corrected chi connectivity index (χ2v) is 10.1. The molecule has 0 amide bonds. The van der Waals surface area contributed by atoms with Crippen molar-refractivity contribution in [2.45, 2.75) is 50.5 Å². The minimum Gasteiger partial charge on any atom is -0.494 e.